The first-order chi connectivity index (χ1) is 6.45. The third-order valence-corrected chi connectivity index (χ3v) is 1.57. The SMILES string of the molecule is O=[C-]C(=O)c1ccc(C(F)(F)F)cc1.[K+].[OH-]. The molecule has 16 heavy (non-hydrogen) atoms. The van der Waals surface area contributed by atoms with Gasteiger partial charge in [-0.05, 0) is 0 Å². The summed E-state index contributed by atoms with van der Waals surface area (Å²) in [6.07, 6.45) is -3.37. The van der Waals surface area contributed by atoms with Crippen molar-refractivity contribution in [3.05, 3.63) is 35.4 Å². The van der Waals surface area contributed by atoms with Crippen molar-refractivity contribution >= 4 is 12.1 Å². The van der Waals surface area contributed by atoms with E-state index in [9.17, 15) is 22.8 Å². The first-order valence-electron chi connectivity index (χ1n) is 3.55. The molecule has 82 valence electrons. The number of halogens is 3. The fourth-order valence-corrected chi connectivity index (χ4v) is 0.870. The fraction of sp³-hybridized carbons (Fsp3) is 0.111. The van der Waals surface area contributed by atoms with E-state index < -0.39 is 17.5 Å². The second-order valence-corrected chi connectivity index (χ2v) is 2.51. The van der Waals surface area contributed by atoms with Crippen LogP contribution in [0.3, 0.4) is 0 Å². The Balaban J connectivity index is 0. The second-order valence-electron chi connectivity index (χ2n) is 2.51. The number of Topliss-reactive ketones (excluding diaryl/α,β-unsaturated/α-hetero) is 1. The monoisotopic (exact) mass is 257 g/mol. The third kappa shape index (κ3) is 4.85. The zero-order valence-electron chi connectivity index (χ0n) is 8.21. The van der Waals surface area contributed by atoms with Crippen molar-refractivity contribution in [1.29, 1.82) is 0 Å². The van der Waals surface area contributed by atoms with Gasteiger partial charge in [-0.25, -0.2) is 0 Å². The number of hydrogen-bond donors (Lipinski definition) is 0. The molecule has 1 aromatic rings. The Labute approximate surface area is 132 Å². The molecular formula is C9H5F3KO3-. The zero-order chi connectivity index (χ0) is 10.8. The molecule has 0 bridgehead atoms. The van der Waals surface area contributed by atoms with Gasteiger partial charge >= 0.3 is 57.6 Å². The third-order valence-electron chi connectivity index (χ3n) is 1.57. The summed E-state index contributed by atoms with van der Waals surface area (Å²) >= 11 is 0. The van der Waals surface area contributed by atoms with Crippen molar-refractivity contribution in [3.8, 4) is 0 Å². The van der Waals surface area contributed by atoms with E-state index in [1.54, 1.807) is 0 Å². The maximum Gasteiger partial charge on any atom is 1.00 e. The Morgan fingerprint density at radius 2 is 1.56 bits per heavy atom. The zero-order valence-corrected chi connectivity index (χ0v) is 11.3. The van der Waals surface area contributed by atoms with E-state index in [-0.39, 0.29) is 62.4 Å². The van der Waals surface area contributed by atoms with Gasteiger partial charge in [-0.2, -0.15) is 13.2 Å². The molecule has 0 fully saturated rings. The Kier molecular flexibility index (Phi) is 8.36. The molecule has 0 atom stereocenters. The van der Waals surface area contributed by atoms with Crippen molar-refractivity contribution < 1.29 is 79.6 Å². The second kappa shape index (κ2) is 7.31. The molecule has 0 unspecified atom stereocenters. The Morgan fingerprint density at radius 3 is 1.88 bits per heavy atom. The van der Waals surface area contributed by atoms with Gasteiger partial charge in [-0.15, -0.1) is 17.7 Å². The summed E-state index contributed by atoms with van der Waals surface area (Å²) in [6.45, 7) is 0. The summed E-state index contributed by atoms with van der Waals surface area (Å²) in [4.78, 5) is 20.6. The van der Waals surface area contributed by atoms with E-state index in [2.05, 4.69) is 0 Å². The van der Waals surface area contributed by atoms with Gasteiger partial charge in [-0.3, -0.25) is 0 Å². The minimum atomic E-state index is -4.44. The minimum absolute atomic E-state index is 0. The standard InChI is InChI=1S/C9H4F3O2.K.H2O/c10-9(11,12)7-3-1-6(2-4-7)8(14)5-13;;/h1-4H;;1H2/q-1;+1;/p-1. The minimum Gasteiger partial charge on any atom is -0.870 e. The number of carbonyl (C=O) groups excluding carboxylic acids is 2. The molecule has 1 rings (SSSR count). The van der Waals surface area contributed by atoms with Gasteiger partial charge in [-0.1, -0.05) is 12.1 Å². The van der Waals surface area contributed by atoms with Crippen LogP contribution in [0.4, 0.5) is 13.2 Å². The quantitative estimate of drug-likeness (QED) is 0.290. The maximum atomic E-state index is 12.0. The molecule has 0 aliphatic heterocycles. The summed E-state index contributed by atoms with van der Waals surface area (Å²) in [5.41, 5.74) is -0.965. The molecule has 0 aliphatic rings. The van der Waals surface area contributed by atoms with Crippen LogP contribution in [0.1, 0.15) is 15.9 Å². The molecule has 0 aromatic heterocycles. The summed E-state index contributed by atoms with van der Waals surface area (Å²) in [7, 11) is 0. The van der Waals surface area contributed by atoms with E-state index in [4.69, 9.17) is 0 Å². The molecule has 1 N–H and O–H groups in total. The smallest absolute Gasteiger partial charge is 0.870 e. The average molecular weight is 257 g/mol. The summed E-state index contributed by atoms with van der Waals surface area (Å²) in [6, 6.07) is 3.36. The van der Waals surface area contributed by atoms with Gasteiger partial charge < -0.3 is 15.1 Å². The number of benzene rings is 1. The van der Waals surface area contributed by atoms with Crippen LogP contribution in [0, 0.1) is 0 Å². The fourth-order valence-electron chi connectivity index (χ4n) is 0.870. The van der Waals surface area contributed by atoms with Crippen LogP contribution in [0.15, 0.2) is 24.3 Å². The van der Waals surface area contributed by atoms with Crippen LogP contribution in [0.25, 0.3) is 0 Å². The molecule has 0 amide bonds. The summed E-state index contributed by atoms with van der Waals surface area (Å²) in [5, 5.41) is 0. The summed E-state index contributed by atoms with van der Waals surface area (Å²) in [5.74, 6) is -0.960. The molecular weight excluding hydrogens is 252 g/mol. The van der Waals surface area contributed by atoms with Crippen LogP contribution >= 0.6 is 0 Å². The molecule has 0 spiro atoms. The topological polar surface area (TPSA) is 64.1 Å². The van der Waals surface area contributed by atoms with Crippen LogP contribution in [0.2, 0.25) is 0 Å². The predicted molar refractivity (Wildman–Crippen MR) is 43.4 cm³/mol. The molecule has 0 saturated heterocycles. The van der Waals surface area contributed by atoms with Crippen molar-refractivity contribution in [3.63, 3.8) is 0 Å². The maximum absolute atomic E-state index is 12.0. The van der Waals surface area contributed by atoms with Crippen LogP contribution in [-0.4, -0.2) is 17.5 Å². The van der Waals surface area contributed by atoms with Crippen LogP contribution < -0.4 is 51.4 Å². The molecule has 0 radical (unpaired) electrons. The number of hydrogen-bond acceptors (Lipinski definition) is 3. The van der Waals surface area contributed by atoms with Crippen molar-refractivity contribution in [1.82, 2.24) is 0 Å². The van der Waals surface area contributed by atoms with Gasteiger partial charge in [0, 0.05) is 6.29 Å². The molecule has 7 heteroatoms. The van der Waals surface area contributed by atoms with Gasteiger partial charge in [0.25, 0.3) is 0 Å². The van der Waals surface area contributed by atoms with Gasteiger partial charge in [0.05, 0.1) is 11.3 Å². The van der Waals surface area contributed by atoms with Crippen molar-refractivity contribution in [2.45, 2.75) is 6.18 Å². The Morgan fingerprint density at radius 1 is 1.12 bits per heavy atom. The molecule has 0 aliphatic carbocycles. The van der Waals surface area contributed by atoms with Crippen molar-refractivity contribution in [2.75, 3.05) is 0 Å². The number of ketones is 1. The molecule has 1 aromatic carbocycles. The number of alkyl halides is 3. The van der Waals surface area contributed by atoms with Gasteiger partial charge in [0.1, 0.15) is 0 Å². The average Bonchev–Trinajstić information content (AvgIpc) is 2.15. The summed E-state index contributed by atoms with van der Waals surface area (Å²) < 4.78 is 36.1. The largest absolute Gasteiger partial charge is 1.00 e. The predicted octanol–water partition coefficient (Wildman–Crippen LogP) is -1.18. The van der Waals surface area contributed by atoms with E-state index in [1.807, 2.05) is 0 Å². The molecule has 0 saturated carbocycles. The first-order valence-corrected chi connectivity index (χ1v) is 3.55. The normalized spacial score (nSPS) is 9.69. The van der Waals surface area contributed by atoms with Crippen molar-refractivity contribution in [2.24, 2.45) is 0 Å². The van der Waals surface area contributed by atoms with Gasteiger partial charge in [0.2, 0.25) is 0 Å². The molecule has 0 heterocycles. The number of carbonyl (C=O) groups is 1. The Hall–Kier alpha value is -0.0536. The first kappa shape index (κ1) is 18.3. The van der Waals surface area contributed by atoms with E-state index in [0.717, 1.165) is 30.6 Å². The van der Waals surface area contributed by atoms with E-state index in [0.29, 0.717) is 0 Å². The van der Waals surface area contributed by atoms with Crippen LogP contribution in [0.5, 0.6) is 0 Å². The van der Waals surface area contributed by atoms with E-state index >= 15 is 0 Å². The van der Waals surface area contributed by atoms with Crippen LogP contribution in [-0.2, 0) is 11.0 Å². The van der Waals surface area contributed by atoms with E-state index in [1.165, 1.54) is 0 Å². The molecule has 3 nitrogen and oxygen atoms in total. The number of rotatable bonds is 2. The van der Waals surface area contributed by atoms with Gasteiger partial charge in [0.15, 0.2) is 0 Å². The Bertz CT molecular complexity index is 359.